The van der Waals surface area contributed by atoms with E-state index in [9.17, 15) is 4.79 Å². The molecule has 1 amide bonds. The topological polar surface area (TPSA) is 82.2 Å². The summed E-state index contributed by atoms with van der Waals surface area (Å²) in [4.78, 5) is 11.9. The van der Waals surface area contributed by atoms with Crippen LogP contribution in [0.15, 0.2) is 52.2 Å². The summed E-state index contributed by atoms with van der Waals surface area (Å²) in [7, 11) is 3.55. The third kappa shape index (κ3) is 4.66. The van der Waals surface area contributed by atoms with Crippen LogP contribution in [0, 0.1) is 0 Å². The Morgan fingerprint density at radius 3 is 2.77 bits per heavy atom. The maximum absolute atomic E-state index is 11.9. The lowest BCUT2D eigenvalue weighted by atomic mass is 10.1. The van der Waals surface area contributed by atoms with Gasteiger partial charge in [0.15, 0.2) is 5.16 Å². The van der Waals surface area contributed by atoms with Crippen LogP contribution in [0.5, 0.6) is 5.75 Å². The minimum atomic E-state index is -0.0777. The van der Waals surface area contributed by atoms with Gasteiger partial charge in [0, 0.05) is 13.5 Å². The number of hydrogen-bond acceptors (Lipinski definition) is 6. The summed E-state index contributed by atoms with van der Waals surface area (Å²) >= 11 is 1.36. The number of carbonyl (C=O) groups is 1. The molecule has 1 N–H and O–H groups in total. The second-order valence-electron chi connectivity index (χ2n) is 5.63. The molecule has 0 unspecified atom stereocenters. The molecular weight excluding hydrogens is 352 g/mol. The fraction of sp³-hybridized carbons (Fsp3) is 0.278. The Labute approximate surface area is 155 Å². The molecule has 7 nitrogen and oxygen atoms in total. The van der Waals surface area contributed by atoms with Crippen LogP contribution in [-0.4, -0.2) is 33.5 Å². The molecule has 0 bridgehead atoms. The van der Waals surface area contributed by atoms with Gasteiger partial charge < -0.3 is 19.0 Å². The summed E-state index contributed by atoms with van der Waals surface area (Å²) < 4.78 is 12.3. The Bertz CT molecular complexity index is 844. The number of nitrogens with zero attached hydrogens (tertiary/aromatic N) is 3. The fourth-order valence-electron chi connectivity index (χ4n) is 2.33. The highest BCUT2D eigenvalue weighted by Crippen LogP contribution is 2.18. The number of thioether (sulfide) groups is 1. The summed E-state index contributed by atoms with van der Waals surface area (Å²) in [5.41, 5.74) is 1.12. The lowest BCUT2D eigenvalue weighted by Gasteiger charge is -2.05. The maximum atomic E-state index is 11.9. The summed E-state index contributed by atoms with van der Waals surface area (Å²) in [6.45, 7) is 0.383. The first-order chi connectivity index (χ1) is 12.7. The van der Waals surface area contributed by atoms with Gasteiger partial charge in [0.25, 0.3) is 0 Å². The van der Waals surface area contributed by atoms with E-state index in [1.807, 2.05) is 41.9 Å². The molecule has 0 fully saturated rings. The van der Waals surface area contributed by atoms with E-state index >= 15 is 0 Å². The van der Waals surface area contributed by atoms with Crippen LogP contribution >= 0.6 is 11.8 Å². The molecule has 2 heterocycles. The molecule has 3 rings (SSSR count). The van der Waals surface area contributed by atoms with E-state index in [0.29, 0.717) is 18.1 Å². The number of hydrogen-bond donors (Lipinski definition) is 1. The highest BCUT2D eigenvalue weighted by molar-refractivity contribution is 7.99. The Morgan fingerprint density at radius 2 is 2.08 bits per heavy atom. The average molecular weight is 372 g/mol. The zero-order valence-corrected chi connectivity index (χ0v) is 15.5. The summed E-state index contributed by atoms with van der Waals surface area (Å²) in [6, 6.07) is 11.5. The number of amides is 1. The Balaban J connectivity index is 1.52. The highest BCUT2D eigenvalue weighted by atomic mass is 32.2. The van der Waals surface area contributed by atoms with Crippen molar-refractivity contribution in [2.24, 2.45) is 7.05 Å². The van der Waals surface area contributed by atoms with Crippen molar-refractivity contribution >= 4 is 17.7 Å². The standard InChI is InChI=1S/C18H20N4O3S/c1-22-16(10-13-5-7-14(24-2)8-6-13)20-21-18(22)26-12-17(23)19-11-15-4-3-9-25-15/h3-9H,10-12H2,1-2H3,(H,19,23). The Hall–Kier alpha value is -2.74. The molecule has 26 heavy (non-hydrogen) atoms. The summed E-state index contributed by atoms with van der Waals surface area (Å²) in [5.74, 6) is 2.59. The van der Waals surface area contributed by atoms with Crippen LogP contribution in [0.25, 0.3) is 0 Å². The summed E-state index contributed by atoms with van der Waals surface area (Å²) in [6.07, 6.45) is 2.25. The zero-order chi connectivity index (χ0) is 18.4. The van der Waals surface area contributed by atoms with Crippen LogP contribution < -0.4 is 10.1 Å². The van der Waals surface area contributed by atoms with E-state index in [0.717, 1.165) is 22.9 Å². The zero-order valence-electron chi connectivity index (χ0n) is 14.6. The van der Waals surface area contributed by atoms with Crippen molar-refractivity contribution < 1.29 is 13.9 Å². The molecule has 136 valence electrons. The first-order valence-electron chi connectivity index (χ1n) is 8.09. The molecule has 0 atom stereocenters. The van der Waals surface area contributed by atoms with Crippen molar-refractivity contribution in [3.05, 3.63) is 59.8 Å². The average Bonchev–Trinajstić information content (AvgIpc) is 3.30. The minimum absolute atomic E-state index is 0.0777. The molecule has 0 saturated heterocycles. The number of ether oxygens (including phenoxy) is 1. The third-order valence-corrected chi connectivity index (χ3v) is 4.84. The molecule has 2 aromatic heterocycles. The lowest BCUT2D eigenvalue weighted by molar-refractivity contribution is -0.118. The van der Waals surface area contributed by atoms with Gasteiger partial charge in [-0.25, -0.2) is 0 Å². The smallest absolute Gasteiger partial charge is 0.230 e. The monoisotopic (exact) mass is 372 g/mol. The van der Waals surface area contributed by atoms with Gasteiger partial charge in [-0.05, 0) is 29.8 Å². The first kappa shape index (κ1) is 18.1. The van der Waals surface area contributed by atoms with E-state index < -0.39 is 0 Å². The predicted molar refractivity (Wildman–Crippen MR) is 98.1 cm³/mol. The van der Waals surface area contributed by atoms with Crippen LogP contribution in [0.4, 0.5) is 0 Å². The number of furan rings is 1. The summed E-state index contributed by atoms with van der Waals surface area (Å²) in [5, 5.41) is 11.9. The maximum Gasteiger partial charge on any atom is 0.230 e. The van der Waals surface area contributed by atoms with Crippen molar-refractivity contribution in [1.82, 2.24) is 20.1 Å². The van der Waals surface area contributed by atoms with Gasteiger partial charge in [-0.15, -0.1) is 10.2 Å². The molecule has 0 radical (unpaired) electrons. The van der Waals surface area contributed by atoms with Gasteiger partial charge in [-0.1, -0.05) is 23.9 Å². The SMILES string of the molecule is COc1ccc(Cc2nnc(SCC(=O)NCc3ccco3)n2C)cc1. The van der Waals surface area contributed by atoms with Gasteiger partial charge in [-0.2, -0.15) is 0 Å². The van der Waals surface area contributed by atoms with Crippen LogP contribution in [0.1, 0.15) is 17.1 Å². The van der Waals surface area contributed by atoms with Gasteiger partial charge in [0.1, 0.15) is 17.3 Å². The van der Waals surface area contributed by atoms with E-state index in [1.54, 1.807) is 19.4 Å². The van der Waals surface area contributed by atoms with Crippen molar-refractivity contribution in [3.8, 4) is 5.75 Å². The van der Waals surface area contributed by atoms with Gasteiger partial charge in [0.05, 0.1) is 25.7 Å². The number of aromatic nitrogens is 3. The van der Waals surface area contributed by atoms with Crippen molar-refractivity contribution in [3.63, 3.8) is 0 Å². The molecule has 8 heteroatoms. The molecular formula is C18H20N4O3S. The molecule has 1 aromatic carbocycles. The third-order valence-electron chi connectivity index (χ3n) is 3.82. The van der Waals surface area contributed by atoms with Gasteiger partial charge in [-0.3, -0.25) is 4.79 Å². The van der Waals surface area contributed by atoms with E-state index in [-0.39, 0.29) is 11.7 Å². The van der Waals surface area contributed by atoms with Gasteiger partial charge >= 0.3 is 0 Å². The van der Waals surface area contributed by atoms with Gasteiger partial charge in [0.2, 0.25) is 5.91 Å². The van der Waals surface area contributed by atoms with Crippen molar-refractivity contribution in [2.75, 3.05) is 12.9 Å². The lowest BCUT2D eigenvalue weighted by Crippen LogP contribution is -2.24. The molecule has 0 saturated carbocycles. The molecule has 0 spiro atoms. The van der Waals surface area contributed by atoms with Crippen LogP contribution in [0.3, 0.4) is 0 Å². The molecule has 0 aliphatic heterocycles. The minimum Gasteiger partial charge on any atom is -0.497 e. The van der Waals surface area contributed by atoms with Crippen molar-refractivity contribution in [1.29, 1.82) is 0 Å². The van der Waals surface area contributed by atoms with Crippen LogP contribution in [-0.2, 0) is 24.8 Å². The Morgan fingerprint density at radius 1 is 1.27 bits per heavy atom. The number of rotatable bonds is 8. The number of methoxy groups -OCH3 is 1. The van der Waals surface area contributed by atoms with E-state index in [1.165, 1.54) is 11.8 Å². The fourth-order valence-corrected chi connectivity index (χ4v) is 3.09. The normalized spacial score (nSPS) is 10.7. The Kier molecular flexibility index (Phi) is 5.96. The number of carbonyl (C=O) groups excluding carboxylic acids is 1. The first-order valence-corrected chi connectivity index (χ1v) is 9.07. The quantitative estimate of drug-likeness (QED) is 0.612. The predicted octanol–water partition coefficient (Wildman–Crippen LogP) is 2.42. The second-order valence-corrected chi connectivity index (χ2v) is 6.57. The number of benzene rings is 1. The molecule has 0 aliphatic rings. The highest BCUT2D eigenvalue weighted by Gasteiger charge is 2.12. The largest absolute Gasteiger partial charge is 0.497 e. The molecule has 0 aliphatic carbocycles. The number of nitrogens with one attached hydrogen (secondary N) is 1. The van der Waals surface area contributed by atoms with E-state index in [2.05, 4.69) is 15.5 Å². The van der Waals surface area contributed by atoms with Crippen molar-refractivity contribution in [2.45, 2.75) is 18.1 Å². The molecule has 3 aromatic rings. The second kappa shape index (κ2) is 8.57. The van der Waals surface area contributed by atoms with Crippen LogP contribution in [0.2, 0.25) is 0 Å². The van der Waals surface area contributed by atoms with E-state index in [4.69, 9.17) is 9.15 Å².